The Balaban J connectivity index is 1.85. The van der Waals surface area contributed by atoms with Gasteiger partial charge in [0.2, 0.25) is 0 Å². The number of ether oxygens (including phenoxy) is 2. The Kier molecular flexibility index (Phi) is 8.26. The molecule has 0 aliphatic rings. The molecule has 0 aliphatic heterocycles. The fourth-order valence-corrected chi connectivity index (χ4v) is 4.59. The quantitative estimate of drug-likeness (QED) is 0.358. The third kappa shape index (κ3) is 6.45. The van der Waals surface area contributed by atoms with Gasteiger partial charge in [0.1, 0.15) is 18.0 Å². The molecule has 3 aromatic carbocycles. The van der Waals surface area contributed by atoms with Gasteiger partial charge in [0.25, 0.3) is 0 Å². The van der Waals surface area contributed by atoms with E-state index in [-0.39, 0.29) is 5.41 Å². The molecule has 35 heavy (non-hydrogen) atoms. The molecule has 0 spiro atoms. The van der Waals surface area contributed by atoms with Crippen LogP contribution >= 0.6 is 0 Å². The molecule has 1 N–H and O–H groups in total. The highest BCUT2D eigenvalue weighted by Gasteiger charge is 2.31. The number of carbonyl (C=O) groups excluding carboxylic acids is 1. The maximum absolute atomic E-state index is 12.3. The SMILES string of the molecule is CCC(CC)(c1ccc(NC(=O)OC(C)(C)C)c(C)c1)c1ccc(OCc2ccccc2)c(C)c1. The number of anilines is 1. The van der Waals surface area contributed by atoms with Crippen molar-refractivity contribution in [2.24, 2.45) is 0 Å². The zero-order valence-corrected chi connectivity index (χ0v) is 22.2. The molecule has 0 unspecified atom stereocenters. The van der Waals surface area contributed by atoms with Gasteiger partial charge >= 0.3 is 6.09 Å². The van der Waals surface area contributed by atoms with E-state index in [1.54, 1.807) is 0 Å². The standard InChI is InChI=1S/C31H39NO3/c1-8-31(9-2,25-15-17-27(22(3)19-25)32-29(33)35-30(5,6)7)26-16-18-28(23(4)20-26)34-21-24-13-11-10-12-14-24/h10-20H,8-9,21H2,1-7H3,(H,32,33). The van der Waals surface area contributed by atoms with Crippen molar-refractivity contribution in [3.8, 4) is 5.75 Å². The van der Waals surface area contributed by atoms with Crippen LogP contribution in [0.25, 0.3) is 0 Å². The lowest BCUT2D eigenvalue weighted by Gasteiger charge is -2.34. The number of rotatable bonds is 8. The van der Waals surface area contributed by atoms with Gasteiger partial charge in [-0.3, -0.25) is 5.32 Å². The second-order valence-electron chi connectivity index (χ2n) is 10.2. The van der Waals surface area contributed by atoms with E-state index in [0.29, 0.717) is 6.61 Å². The summed E-state index contributed by atoms with van der Waals surface area (Å²) in [5, 5.41) is 2.89. The van der Waals surface area contributed by atoms with Crippen molar-refractivity contribution in [1.82, 2.24) is 0 Å². The Morgan fingerprint density at radius 3 is 1.97 bits per heavy atom. The molecule has 3 aromatic rings. The molecular formula is C31H39NO3. The number of hydrogen-bond donors (Lipinski definition) is 1. The van der Waals surface area contributed by atoms with Gasteiger partial charge in [0.15, 0.2) is 0 Å². The summed E-state index contributed by atoms with van der Waals surface area (Å²) in [6.07, 6.45) is 1.49. The number of aryl methyl sites for hydroxylation is 2. The molecule has 0 aliphatic carbocycles. The van der Waals surface area contributed by atoms with Gasteiger partial charge in [-0.25, -0.2) is 4.79 Å². The molecule has 0 aromatic heterocycles. The minimum atomic E-state index is -0.535. The Bertz CT molecular complexity index is 1140. The summed E-state index contributed by atoms with van der Waals surface area (Å²) in [5.41, 5.74) is 5.92. The summed E-state index contributed by atoms with van der Waals surface area (Å²) in [4.78, 5) is 12.3. The van der Waals surface area contributed by atoms with E-state index in [1.165, 1.54) is 11.1 Å². The molecule has 0 atom stereocenters. The summed E-state index contributed by atoms with van der Waals surface area (Å²) >= 11 is 0. The summed E-state index contributed by atoms with van der Waals surface area (Å²) in [6.45, 7) is 14.7. The molecular weight excluding hydrogens is 434 g/mol. The van der Waals surface area contributed by atoms with Crippen molar-refractivity contribution < 1.29 is 14.3 Å². The normalized spacial score (nSPS) is 11.7. The first kappa shape index (κ1) is 26.3. The first-order valence-corrected chi connectivity index (χ1v) is 12.5. The fraction of sp³-hybridized carbons (Fsp3) is 0.387. The molecule has 0 saturated carbocycles. The average Bonchev–Trinajstić information content (AvgIpc) is 2.81. The van der Waals surface area contributed by atoms with Crippen LogP contribution in [0.1, 0.15) is 75.3 Å². The smallest absolute Gasteiger partial charge is 0.412 e. The molecule has 1 amide bonds. The van der Waals surface area contributed by atoms with Gasteiger partial charge in [0, 0.05) is 11.1 Å². The second kappa shape index (κ2) is 11.0. The van der Waals surface area contributed by atoms with Crippen molar-refractivity contribution in [1.29, 1.82) is 0 Å². The predicted octanol–water partition coefficient (Wildman–Crippen LogP) is 8.34. The molecule has 3 rings (SSSR count). The maximum atomic E-state index is 12.3. The van der Waals surface area contributed by atoms with Crippen molar-refractivity contribution >= 4 is 11.8 Å². The average molecular weight is 474 g/mol. The van der Waals surface area contributed by atoms with Gasteiger partial charge in [-0.05, 0) is 87.4 Å². The Morgan fingerprint density at radius 2 is 1.43 bits per heavy atom. The van der Waals surface area contributed by atoms with Gasteiger partial charge < -0.3 is 9.47 Å². The van der Waals surface area contributed by atoms with Crippen LogP contribution in [-0.4, -0.2) is 11.7 Å². The Labute approximate surface area is 210 Å². The lowest BCUT2D eigenvalue weighted by atomic mass is 9.70. The topological polar surface area (TPSA) is 47.6 Å². The molecule has 186 valence electrons. The fourth-order valence-electron chi connectivity index (χ4n) is 4.59. The molecule has 0 fully saturated rings. The molecule has 4 nitrogen and oxygen atoms in total. The van der Waals surface area contributed by atoms with Crippen molar-refractivity contribution in [2.75, 3.05) is 5.32 Å². The summed E-state index contributed by atoms with van der Waals surface area (Å²) in [6, 6.07) is 23.1. The number of carbonyl (C=O) groups is 1. The van der Waals surface area contributed by atoms with Gasteiger partial charge in [-0.15, -0.1) is 0 Å². The van der Waals surface area contributed by atoms with E-state index in [9.17, 15) is 4.79 Å². The Hall–Kier alpha value is -3.27. The van der Waals surface area contributed by atoms with Crippen LogP contribution < -0.4 is 10.1 Å². The number of nitrogens with one attached hydrogen (secondary N) is 1. The third-order valence-electron chi connectivity index (χ3n) is 6.59. The third-order valence-corrected chi connectivity index (χ3v) is 6.59. The molecule has 0 saturated heterocycles. The lowest BCUT2D eigenvalue weighted by Crippen LogP contribution is -2.28. The van der Waals surface area contributed by atoms with Gasteiger partial charge in [-0.1, -0.05) is 68.4 Å². The molecule has 0 radical (unpaired) electrons. The molecule has 0 bridgehead atoms. The van der Waals surface area contributed by atoms with Crippen LogP contribution in [0.2, 0.25) is 0 Å². The van der Waals surface area contributed by atoms with Crippen LogP contribution in [0, 0.1) is 13.8 Å². The lowest BCUT2D eigenvalue weighted by molar-refractivity contribution is 0.0636. The van der Waals surface area contributed by atoms with Crippen LogP contribution in [0.3, 0.4) is 0 Å². The van der Waals surface area contributed by atoms with E-state index in [4.69, 9.17) is 9.47 Å². The van der Waals surface area contributed by atoms with E-state index in [1.807, 2.05) is 52.0 Å². The van der Waals surface area contributed by atoms with Crippen molar-refractivity contribution in [3.63, 3.8) is 0 Å². The second-order valence-corrected chi connectivity index (χ2v) is 10.2. The van der Waals surface area contributed by atoms with E-state index >= 15 is 0 Å². The van der Waals surface area contributed by atoms with Crippen LogP contribution in [0.4, 0.5) is 10.5 Å². The van der Waals surface area contributed by atoms with Crippen LogP contribution in [-0.2, 0) is 16.8 Å². The largest absolute Gasteiger partial charge is 0.489 e. The zero-order valence-electron chi connectivity index (χ0n) is 22.2. The number of hydrogen-bond acceptors (Lipinski definition) is 3. The summed E-state index contributed by atoms with van der Waals surface area (Å²) < 4.78 is 11.5. The monoisotopic (exact) mass is 473 g/mol. The zero-order chi connectivity index (χ0) is 25.6. The predicted molar refractivity (Wildman–Crippen MR) is 144 cm³/mol. The van der Waals surface area contributed by atoms with Crippen molar-refractivity contribution in [3.05, 3.63) is 94.5 Å². The highest BCUT2D eigenvalue weighted by molar-refractivity contribution is 5.86. The van der Waals surface area contributed by atoms with Gasteiger partial charge in [0.05, 0.1) is 0 Å². The highest BCUT2D eigenvalue weighted by Crippen LogP contribution is 2.41. The number of amides is 1. The first-order chi connectivity index (χ1) is 16.6. The molecule has 4 heteroatoms. The number of benzene rings is 3. The molecule has 0 heterocycles. The summed E-state index contributed by atoms with van der Waals surface area (Å²) in [7, 11) is 0. The summed E-state index contributed by atoms with van der Waals surface area (Å²) in [5.74, 6) is 0.909. The minimum Gasteiger partial charge on any atom is -0.489 e. The Morgan fingerprint density at radius 1 is 0.829 bits per heavy atom. The van der Waals surface area contributed by atoms with Gasteiger partial charge in [-0.2, -0.15) is 0 Å². The highest BCUT2D eigenvalue weighted by atomic mass is 16.6. The maximum Gasteiger partial charge on any atom is 0.412 e. The van der Waals surface area contributed by atoms with E-state index in [2.05, 4.69) is 68.6 Å². The van der Waals surface area contributed by atoms with E-state index in [0.717, 1.165) is 41.0 Å². The minimum absolute atomic E-state index is 0.127. The van der Waals surface area contributed by atoms with E-state index < -0.39 is 11.7 Å². The van der Waals surface area contributed by atoms with Crippen molar-refractivity contribution in [2.45, 2.75) is 78.9 Å². The van der Waals surface area contributed by atoms with Crippen LogP contribution in [0.5, 0.6) is 5.75 Å². The first-order valence-electron chi connectivity index (χ1n) is 12.5. The van der Waals surface area contributed by atoms with Crippen LogP contribution in [0.15, 0.2) is 66.7 Å².